The Morgan fingerprint density at radius 3 is 2.32 bits per heavy atom. The maximum atomic E-state index is 13.1. The first-order chi connectivity index (χ1) is 13.6. The maximum absolute atomic E-state index is 13.1. The van der Waals surface area contributed by atoms with Crippen molar-refractivity contribution in [3.8, 4) is 17.1 Å². The standard InChI is InChI=1S/C21H16FN5O/c1-14-19(13-25-27(14)18-9-7-16(22)8-10-18)21(28)26-17-11-23-20(24-12-17)15-5-3-2-4-6-15/h2-13H,1H3,(H,26,28). The summed E-state index contributed by atoms with van der Waals surface area (Å²) in [6.45, 7) is 1.78. The molecule has 0 bridgehead atoms. The predicted molar refractivity (Wildman–Crippen MR) is 104 cm³/mol. The third-order valence-corrected chi connectivity index (χ3v) is 4.27. The van der Waals surface area contributed by atoms with E-state index in [4.69, 9.17) is 0 Å². The number of halogens is 1. The van der Waals surface area contributed by atoms with Crippen LogP contribution in [0.25, 0.3) is 17.1 Å². The van der Waals surface area contributed by atoms with E-state index in [1.165, 1.54) is 18.3 Å². The van der Waals surface area contributed by atoms with Crippen molar-refractivity contribution < 1.29 is 9.18 Å². The second-order valence-corrected chi connectivity index (χ2v) is 6.15. The molecule has 1 amide bonds. The van der Waals surface area contributed by atoms with Crippen LogP contribution in [0.1, 0.15) is 16.1 Å². The number of nitrogens with zero attached hydrogens (tertiary/aromatic N) is 4. The molecule has 4 rings (SSSR count). The van der Waals surface area contributed by atoms with E-state index in [0.29, 0.717) is 28.5 Å². The summed E-state index contributed by atoms with van der Waals surface area (Å²) in [5, 5.41) is 7.01. The number of carbonyl (C=O) groups is 1. The monoisotopic (exact) mass is 373 g/mol. The molecule has 6 nitrogen and oxygen atoms in total. The number of aromatic nitrogens is 4. The minimum absolute atomic E-state index is 0.318. The highest BCUT2D eigenvalue weighted by Gasteiger charge is 2.16. The van der Waals surface area contributed by atoms with E-state index in [9.17, 15) is 9.18 Å². The van der Waals surface area contributed by atoms with Gasteiger partial charge in [-0.15, -0.1) is 0 Å². The van der Waals surface area contributed by atoms with Gasteiger partial charge in [0.25, 0.3) is 5.91 Å². The molecule has 0 spiro atoms. The Bertz CT molecular complexity index is 1110. The third-order valence-electron chi connectivity index (χ3n) is 4.27. The van der Waals surface area contributed by atoms with Crippen molar-refractivity contribution in [1.82, 2.24) is 19.7 Å². The topological polar surface area (TPSA) is 72.7 Å². The number of nitrogens with one attached hydrogen (secondary N) is 1. The maximum Gasteiger partial charge on any atom is 0.259 e. The number of benzene rings is 2. The number of carbonyl (C=O) groups excluding carboxylic acids is 1. The van der Waals surface area contributed by atoms with Crippen molar-refractivity contribution in [2.45, 2.75) is 6.92 Å². The molecule has 0 saturated carbocycles. The van der Waals surface area contributed by atoms with Gasteiger partial charge in [0.2, 0.25) is 0 Å². The Kier molecular flexibility index (Phi) is 4.63. The molecule has 0 atom stereocenters. The second kappa shape index (κ2) is 7.40. The highest BCUT2D eigenvalue weighted by molar-refractivity contribution is 6.04. The second-order valence-electron chi connectivity index (χ2n) is 6.15. The summed E-state index contributed by atoms with van der Waals surface area (Å²) in [6.07, 6.45) is 4.60. The lowest BCUT2D eigenvalue weighted by Gasteiger charge is -2.07. The molecule has 7 heteroatoms. The average Bonchev–Trinajstić information content (AvgIpc) is 3.11. The lowest BCUT2D eigenvalue weighted by Crippen LogP contribution is -2.13. The highest BCUT2D eigenvalue weighted by atomic mass is 19.1. The van der Waals surface area contributed by atoms with Crippen LogP contribution in [0.15, 0.2) is 73.2 Å². The lowest BCUT2D eigenvalue weighted by atomic mass is 10.2. The molecule has 138 valence electrons. The van der Waals surface area contributed by atoms with Crippen LogP contribution in [0.5, 0.6) is 0 Å². The van der Waals surface area contributed by atoms with Gasteiger partial charge < -0.3 is 5.32 Å². The number of anilines is 1. The Hall–Kier alpha value is -3.87. The SMILES string of the molecule is Cc1c(C(=O)Nc2cnc(-c3ccccc3)nc2)cnn1-c1ccc(F)cc1. The predicted octanol–water partition coefficient (Wildman–Crippen LogP) is 4.03. The zero-order valence-electron chi connectivity index (χ0n) is 15.0. The van der Waals surface area contributed by atoms with Crippen LogP contribution in [0.4, 0.5) is 10.1 Å². The Morgan fingerprint density at radius 2 is 1.64 bits per heavy atom. The normalized spacial score (nSPS) is 10.6. The Morgan fingerprint density at radius 1 is 0.964 bits per heavy atom. The van der Waals surface area contributed by atoms with Gasteiger partial charge in [0.15, 0.2) is 5.82 Å². The van der Waals surface area contributed by atoms with Gasteiger partial charge >= 0.3 is 0 Å². The van der Waals surface area contributed by atoms with Gasteiger partial charge in [-0.1, -0.05) is 30.3 Å². The minimum atomic E-state index is -0.328. The molecule has 2 heterocycles. The van der Waals surface area contributed by atoms with Crippen LogP contribution < -0.4 is 5.32 Å². The van der Waals surface area contributed by atoms with Gasteiger partial charge in [0, 0.05) is 5.56 Å². The zero-order valence-corrected chi connectivity index (χ0v) is 15.0. The fraction of sp³-hybridized carbons (Fsp3) is 0.0476. The van der Waals surface area contributed by atoms with E-state index in [1.807, 2.05) is 30.3 Å². The largest absolute Gasteiger partial charge is 0.319 e. The molecule has 4 aromatic rings. The van der Waals surface area contributed by atoms with Gasteiger partial charge in [0.1, 0.15) is 5.82 Å². The Balaban J connectivity index is 1.52. The number of hydrogen-bond donors (Lipinski definition) is 1. The molecular formula is C21H16FN5O. The Labute approximate surface area is 160 Å². The molecule has 0 fully saturated rings. The van der Waals surface area contributed by atoms with E-state index >= 15 is 0 Å². The van der Waals surface area contributed by atoms with Crippen LogP contribution in [0.3, 0.4) is 0 Å². The zero-order chi connectivity index (χ0) is 19.5. The van der Waals surface area contributed by atoms with Crippen LogP contribution in [-0.4, -0.2) is 25.7 Å². The molecule has 28 heavy (non-hydrogen) atoms. The molecule has 1 N–H and O–H groups in total. The smallest absolute Gasteiger partial charge is 0.259 e. The van der Waals surface area contributed by atoms with Crippen molar-refractivity contribution in [1.29, 1.82) is 0 Å². The summed E-state index contributed by atoms with van der Waals surface area (Å²) >= 11 is 0. The van der Waals surface area contributed by atoms with Crippen LogP contribution in [0.2, 0.25) is 0 Å². The summed E-state index contributed by atoms with van der Waals surface area (Å²) in [5.74, 6) is -0.0636. The van der Waals surface area contributed by atoms with E-state index in [0.717, 1.165) is 5.56 Å². The number of hydrogen-bond acceptors (Lipinski definition) is 4. The molecule has 0 radical (unpaired) electrons. The van der Waals surface area contributed by atoms with Gasteiger partial charge in [-0.05, 0) is 31.2 Å². The molecule has 0 saturated heterocycles. The minimum Gasteiger partial charge on any atom is -0.319 e. The third kappa shape index (κ3) is 3.50. The van der Waals surface area contributed by atoms with Crippen LogP contribution in [0, 0.1) is 12.7 Å². The first kappa shape index (κ1) is 17.5. The van der Waals surface area contributed by atoms with Gasteiger partial charge in [-0.3, -0.25) is 4.79 Å². The van der Waals surface area contributed by atoms with E-state index < -0.39 is 0 Å². The summed E-state index contributed by atoms with van der Waals surface area (Å²) in [4.78, 5) is 21.2. The van der Waals surface area contributed by atoms with Crippen molar-refractivity contribution in [2.75, 3.05) is 5.32 Å². The van der Waals surface area contributed by atoms with Crippen molar-refractivity contribution in [2.24, 2.45) is 0 Å². The molecule has 2 aromatic heterocycles. The fourth-order valence-corrected chi connectivity index (χ4v) is 2.80. The van der Waals surface area contributed by atoms with Crippen molar-refractivity contribution in [3.63, 3.8) is 0 Å². The highest BCUT2D eigenvalue weighted by Crippen LogP contribution is 2.18. The summed E-state index contributed by atoms with van der Waals surface area (Å²) < 4.78 is 14.7. The molecular weight excluding hydrogens is 357 g/mol. The number of rotatable bonds is 4. The fourth-order valence-electron chi connectivity index (χ4n) is 2.80. The lowest BCUT2D eigenvalue weighted by molar-refractivity contribution is 0.102. The molecule has 2 aromatic carbocycles. The molecule has 0 aliphatic heterocycles. The summed E-state index contributed by atoms with van der Waals surface area (Å²) in [7, 11) is 0. The average molecular weight is 373 g/mol. The first-order valence-corrected chi connectivity index (χ1v) is 8.61. The first-order valence-electron chi connectivity index (χ1n) is 8.61. The quantitative estimate of drug-likeness (QED) is 0.586. The number of amides is 1. The summed E-state index contributed by atoms with van der Waals surface area (Å²) in [5.41, 5.74) is 3.12. The van der Waals surface area contributed by atoms with E-state index in [1.54, 1.807) is 36.1 Å². The van der Waals surface area contributed by atoms with Gasteiger partial charge in [-0.25, -0.2) is 19.0 Å². The molecule has 0 aliphatic carbocycles. The van der Waals surface area contributed by atoms with Crippen molar-refractivity contribution in [3.05, 3.63) is 90.3 Å². The van der Waals surface area contributed by atoms with Crippen LogP contribution >= 0.6 is 0 Å². The molecule has 0 unspecified atom stereocenters. The van der Waals surface area contributed by atoms with E-state index in [2.05, 4.69) is 20.4 Å². The van der Waals surface area contributed by atoms with Gasteiger partial charge in [-0.2, -0.15) is 5.10 Å². The van der Waals surface area contributed by atoms with E-state index in [-0.39, 0.29) is 11.7 Å². The van der Waals surface area contributed by atoms with Gasteiger partial charge in [0.05, 0.1) is 41.2 Å². The van der Waals surface area contributed by atoms with Crippen molar-refractivity contribution >= 4 is 11.6 Å². The van der Waals surface area contributed by atoms with Crippen LogP contribution in [-0.2, 0) is 0 Å². The summed E-state index contributed by atoms with van der Waals surface area (Å²) in [6, 6.07) is 15.5. The molecule has 0 aliphatic rings.